The smallest absolute Gasteiger partial charge is 0.261 e. The maximum Gasteiger partial charge on any atom is 0.261 e. The Bertz CT molecular complexity index is 182. The molecule has 0 aliphatic heterocycles. The number of nitrogens with zero attached hydrogens (tertiary/aromatic N) is 1. The number of carbonyl (C=O) groups excluding carboxylic acids is 1. The summed E-state index contributed by atoms with van der Waals surface area (Å²) in [5.41, 5.74) is 0. The van der Waals surface area contributed by atoms with Crippen molar-refractivity contribution in [3.05, 3.63) is 0 Å². The number of hydrogen-bond donors (Lipinski definition) is 3. The van der Waals surface area contributed by atoms with E-state index in [9.17, 15) is 4.79 Å². The molecule has 0 aliphatic rings. The molecule has 0 bridgehead atoms. The van der Waals surface area contributed by atoms with Crippen LogP contribution in [0, 0.1) is 0 Å². The van der Waals surface area contributed by atoms with Gasteiger partial charge in [-0.1, -0.05) is 13.8 Å². The van der Waals surface area contributed by atoms with Gasteiger partial charge in [0.2, 0.25) is 0 Å². The van der Waals surface area contributed by atoms with Crippen molar-refractivity contribution in [2.75, 3.05) is 20.3 Å². The van der Waals surface area contributed by atoms with E-state index in [1.807, 2.05) is 13.8 Å². The Morgan fingerprint density at radius 1 is 1.50 bits per heavy atom. The van der Waals surface area contributed by atoms with E-state index in [0.29, 0.717) is 6.67 Å². The second kappa shape index (κ2) is 8.65. The van der Waals surface area contributed by atoms with Gasteiger partial charge in [0.15, 0.2) is 0 Å². The quantitative estimate of drug-likeness (QED) is 0.300. The van der Waals surface area contributed by atoms with Crippen LogP contribution in [0.2, 0.25) is 0 Å². The van der Waals surface area contributed by atoms with Gasteiger partial charge in [0.25, 0.3) is 5.91 Å². The summed E-state index contributed by atoms with van der Waals surface area (Å²) >= 11 is 0. The number of nitrogens with one attached hydrogen (secondary N) is 3. The normalized spacial score (nSPS) is 13.1. The van der Waals surface area contributed by atoms with Crippen molar-refractivity contribution in [2.45, 2.75) is 26.4 Å². The van der Waals surface area contributed by atoms with Crippen LogP contribution in [0.4, 0.5) is 0 Å². The molecule has 1 unspecified atom stereocenters. The molecule has 0 aromatic rings. The van der Waals surface area contributed by atoms with Crippen molar-refractivity contribution in [1.29, 1.82) is 0 Å². The molecule has 0 aromatic heterocycles. The minimum Gasteiger partial charge on any atom is -0.354 e. The maximum absolute atomic E-state index is 10.9. The van der Waals surface area contributed by atoms with Gasteiger partial charge in [0.05, 0.1) is 6.21 Å². The first kappa shape index (κ1) is 13.1. The molecule has 0 saturated heterocycles. The molecule has 82 valence electrons. The predicted molar refractivity (Wildman–Crippen MR) is 58.3 cm³/mol. The van der Waals surface area contributed by atoms with Gasteiger partial charge < -0.3 is 10.6 Å². The van der Waals surface area contributed by atoms with Gasteiger partial charge in [0, 0.05) is 13.7 Å². The van der Waals surface area contributed by atoms with Gasteiger partial charge in [-0.15, -0.1) is 0 Å². The van der Waals surface area contributed by atoms with Gasteiger partial charge in [-0.2, -0.15) is 0 Å². The zero-order valence-corrected chi connectivity index (χ0v) is 9.13. The molecule has 1 atom stereocenters. The molecule has 0 aromatic carbocycles. The van der Waals surface area contributed by atoms with Crippen LogP contribution in [0.25, 0.3) is 0 Å². The topological polar surface area (TPSA) is 65.5 Å². The number of carbonyl (C=O) groups is 1. The van der Waals surface area contributed by atoms with Crippen molar-refractivity contribution < 1.29 is 4.79 Å². The van der Waals surface area contributed by atoms with Gasteiger partial charge in [-0.05, 0) is 13.0 Å². The Labute approximate surface area is 85.4 Å². The highest BCUT2D eigenvalue weighted by atomic mass is 16.1. The summed E-state index contributed by atoms with van der Waals surface area (Å²) in [5.74, 6) is -0.172. The lowest BCUT2D eigenvalue weighted by Gasteiger charge is -2.11. The molecule has 0 radical (unpaired) electrons. The highest BCUT2D eigenvalue weighted by molar-refractivity contribution is 6.26. The summed E-state index contributed by atoms with van der Waals surface area (Å²) in [6, 6.07) is 0. The molecule has 0 saturated carbocycles. The van der Waals surface area contributed by atoms with Crippen molar-refractivity contribution in [1.82, 2.24) is 16.0 Å². The fourth-order valence-corrected chi connectivity index (χ4v) is 0.840. The van der Waals surface area contributed by atoms with Crippen LogP contribution in [0.15, 0.2) is 4.99 Å². The van der Waals surface area contributed by atoms with E-state index in [1.54, 1.807) is 7.05 Å². The van der Waals surface area contributed by atoms with Crippen molar-refractivity contribution >= 4 is 12.1 Å². The standard InChI is InChI=1S/C9H20N4O/c1-4-8(13-7-11-5-2)12-6-9(14)10-3/h6,8,11,13H,4-5,7H2,1-3H3,(H,10,14)/b12-6+. The summed E-state index contributed by atoms with van der Waals surface area (Å²) in [6.07, 6.45) is 2.18. The van der Waals surface area contributed by atoms with Crippen LogP contribution in [-0.2, 0) is 4.79 Å². The molecule has 3 N–H and O–H groups in total. The molecular formula is C9H20N4O. The Morgan fingerprint density at radius 3 is 2.71 bits per heavy atom. The molecule has 0 spiro atoms. The molecule has 1 amide bonds. The predicted octanol–water partition coefficient (Wildman–Crippen LogP) is -0.304. The Kier molecular flexibility index (Phi) is 8.07. The van der Waals surface area contributed by atoms with Gasteiger partial charge >= 0.3 is 0 Å². The Balaban J connectivity index is 3.77. The summed E-state index contributed by atoms with van der Waals surface area (Å²) in [7, 11) is 1.58. The third kappa shape index (κ3) is 6.56. The molecule has 0 aliphatic carbocycles. The first-order valence-electron chi connectivity index (χ1n) is 4.93. The first-order valence-corrected chi connectivity index (χ1v) is 4.93. The highest BCUT2D eigenvalue weighted by Crippen LogP contribution is 1.89. The lowest BCUT2D eigenvalue weighted by molar-refractivity contribution is -0.113. The average molecular weight is 200 g/mol. The van der Waals surface area contributed by atoms with E-state index in [0.717, 1.165) is 13.0 Å². The Morgan fingerprint density at radius 2 is 2.21 bits per heavy atom. The number of amides is 1. The van der Waals surface area contributed by atoms with E-state index >= 15 is 0 Å². The zero-order chi connectivity index (χ0) is 10.8. The first-order chi connectivity index (χ1) is 6.74. The summed E-state index contributed by atoms with van der Waals surface area (Å²) in [4.78, 5) is 15.0. The third-order valence-corrected chi connectivity index (χ3v) is 1.72. The van der Waals surface area contributed by atoms with Crippen molar-refractivity contribution in [2.24, 2.45) is 4.99 Å². The fraction of sp³-hybridized carbons (Fsp3) is 0.778. The van der Waals surface area contributed by atoms with Gasteiger partial charge in [0.1, 0.15) is 6.17 Å². The molecular weight excluding hydrogens is 180 g/mol. The molecule has 0 rings (SSSR count). The largest absolute Gasteiger partial charge is 0.354 e. The van der Waals surface area contributed by atoms with Crippen LogP contribution < -0.4 is 16.0 Å². The summed E-state index contributed by atoms with van der Waals surface area (Å²) in [6.45, 7) is 5.68. The van der Waals surface area contributed by atoms with Gasteiger partial charge in [-0.3, -0.25) is 15.1 Å². The monoisotopic (exact) mass is 200 g/mol. The van der Waals surface area contributed by atoms with Crippen LogP contribution in [0.1, 0.15) is 20.3 Å². The van der Waals surface area contributed by atoms with Crippen LogP contribution >= 0.6 is 0 Å². The third-order valence-electron chi connectivity index (χ3n) is 1.72. The maximum atomic E-state index is 10.9. The highest BCUT2D eigenvalue weighted by Gasteiger charge is 2.00. The van der Waals surface area contributed by atoms with Gasteiger partial charge in [-0.25, -0.2) is 0 Å². The van der Waals surface area contributed by atoms with Crippen LogP contribution in [-0.4, -0.2) is 38.5 Å². The van der Waals surface area contributed by atoms with Crippen LogP contribution in [0.5, 0.6) is 0 Å². The SMILES string of the molecule is CCNCNC(CC)/N=C/C(=O)NC. The van der Waals surface area contributed by atoms with Crippen LogP contribution in [0.3, 0.4) is 0 Å². The minimum atomic E-state index is -0.172. The molecule has 5 heteroatoms. The minimum absolute atomic E-state index is 0.00588. The lowest BCUT2D eigenvalue weighted by Crippen LogP contribution is -2.36. The molecule has 5 nitrogen and oxygen atoms in total. The number of aliphatic imine (C=N–C) groups is 1. The summed E-state index contributed by atoms with van der Waals surface area (Å²) < 4.78 is 0. The number of rotatable bonds is 7. The second-order valence-electron chi connectivity index (χ2n) is 2.80. The Hall–Kier alpha value is -0.940. The fourth-order valence-electron chi connectivity index (χ4n) is 0.840. The zero-order valence-electron chi connectivity index (χ0n) is 9.13. The van der Waals surface area contributed by atoms with E-state index in [-0.39, 0.29) is 12.1 Å². The summed E-state index contributed by atoms with van der Waals surface area (Å²) in [5, 5.41) is 8.77. The van der Waals surface area contributed by atoms with E-state index in [2.05, 4.69) is 20.9 Å². The number of hydrogen-bond acceptors (Lipinski definition) is 4. The van der Waals surface area contributed by atoms with Crippen molar-refractivity contribution in [3.63, 3.8) is 0 Å². The van der Waals surface area contributed by atoms with E-state index in [4.69, 9.17) is 0 Å². The second-order valence-corrected chi connectivity index (χ2v) is 2.80. The van der Waals surface area contributed by atoms with E-state index in [1.165, 1.54) is 6.21 Å². The lowest BCUT2D eigenvalue weighted by atomic mass is 10.4. The molecule has 0 fully saturated rings. The van der Waals surface area contributed by atoms with Crippen molar-refractivity contribution in [3.8, 4) is 0 Å². The average Bonchev–Trinajstić information content (AvgIpc) is 2.22. The van der Waals surface area contributed by atoms with E-state index < -0.39 is 0 Å². The molecule has 14 heavy (non-hydrogen) atoms. The molecule has 0 heterocycles.